The first-order chi connectivity index (χ1) is 24.3. The van der Waals surface area contributed by atoms with Crippen LogP contribution >= 0.6 is 23.2 Å². The number of aryl methyl sites for hydroxylation is 1. The molecule has 1 spiro atoms. The van der Waals surface area contributed by atoms with Crippen molar-refractivity contribution in [1.82, 2.24) is 24.6 Å². The van der Waals surface area contributed by atoms with Crippen molar-refractivity contribution >= 4 is 41.2 Å². The van der Waals surface area contributed by atoms with E-state index in [2.05, 4.69) is 15.1 Å². The fourth-order valence-electron chi connectivity index (χ4n) is 6.54. The summed E-state index contributed by atoms with van der Waals surface area (Å²) in [4.78, 5) is 38.1. The Morgan fingerprint density at radius 1 is 1.02 bits per heavy atom. The van der Waals surface area contributed by atoms with E-state index in [0.717, 1.165) is 11.6 Å². The molecule has 51 heavy (non-hydrogen) atoms. The molecule has 2 aliphatic heterocycles. The molecule has 2 aliphatic rings. The second kappa shape index (κ2) is 15.0. The highest BCUT2D eigenvalue weighted by molar-refractivity contribution is 6.30. The van der Waals surface area contributed by atoms with Gasteiger partial charge in [0.1, 0.15) is 17.8 Å². The topological polar surface area (TPSA) is 112 Å². The smallest absolute Gasteiger partial charge is 0.429 e. The van der Waals surface area contributed by atoms with Gasteiger partial charge in [-0.15, -0.1) is 0 Å². The number of piperidine rings is 1. The fraction of sp³-hybridized carbons (Fsp3) is 0.400. The predicted octanol–water partition coefficient (Wildman–Crippen LogP) is 7.52. The van der Waals surface area contributed by atoms with E-state index in [4.69, 9.17) is 37.4 Å². The zero-order chi connectivity index (χ0) is 36.3. The average Bonchev–Trinajstić information content (AvgIpc) is 3.70. The van der Waals surface area contributed by atoms with Crippen LogP contribution in [0.5, 0.6) is 5.88 Å². The summed E-state index contributed by atoms with van der Waals surface area (Å²) in [6.45, 7) is 4.67. The first-order valence-corrected chi connectivity index (χ1v) is 17.1. The van der Waals surface area contributed by atoms with Crippen LogP contribution in [-0.4, -0.2) is 75.2 Å². The molecule has 4 heterocycles. The number of nitrogens with zero attached hydrogens (tertiary/aromatic N) is 6. The molecule has 270 valence electrons. The third-order valence-electron chi connectivity index (χ3n) is 9.05. The van der Waals surface area contributed by atoms with E-state index in [1.54, 1.807) is 24.8 Å². The number of carbonyl (C=O) groups is 2. The molecule has 0 unspecified atom stereocenters. The van der Waals surface area contributed by atoms with Gasteiger partial charge in [-0.2, -0.15) is 23.3 Å². The Morgan fingerprint density at radius 2 is 1.76 bits per heavy atom. The SMILES string of the molecule is CCOC(=O)[C@@H]1CC2(CCN(c3nc(Cl)cc(O[C@H](c4ccc(Cl)cc4-n4ccc(C)n4)C(F)(F)F)n3)CC2)CN1C(=O)OCc1ccccc1. The van der Waals surface area contributed by atoms with E-state index in [1.165, 1.54) is 34.0 Å². The van der Waals surface area contributed by atoms with Crippen molar-refractivity contribution in [2.75, 3.05) is 31.1 Å². The Hall–Kier alpha value is -4.56. The largest absolute Gasteiger partial charge is 0.464 e. The summed E-state index contributed by atoms with van der Waals surface area (Å²) in [5.41, 5.74) is 0.847. The van der Waals surface area contributed by atoms with Crippen LogP contribution in [0.25, 0.3) is 5.69 Å². The summed E-state index contributed by atoms with van der Waals surface area (Å²) in [6.07, 6.45) is -4.94. The molecule has 16 heteroatoms. The maximum atomic E-state index is 14.6. The number of ether oxygens (including phenoxy) is 3. The van der Waals surface area contributed by atoms with Crippen LogP contribution in [0.15, 0.2) is 66.9 Å². The zero-order valence-corrected chi connectivity index (χ0v) is 29.3. The molecule has 0 bridgehead atoms. The molecule has 2 atom stereocenters. The fourth-order valence-corrected chi connectivity index (χ4v) is 6.88. The molecule has 1 amide bonds. The summed E-state index contributed by atoms with van der Waals surface area (Å²) in [5.74, 6) is -0.786. The number of rotatable bonds is 9. The van der Waals surface area contributed by atoms with Gasteiger partial charge >= 0.3 is 18.2 Å². The number of anilines is 1. The molecular weight excluding hydrogens is 712 g/mol. The first-order valence-electron chi connectivity index (χ1n) is 16.3. The zero-order valence-electron chi connectivity index (χ0n) is 27.8. The third-order valence-corrected chi connectivity index (χ3v) is 9.48. The van der Waals surface area contributed by atoms with E-state index in [-0.39, 0.29) is 53.0 Å². The minimum Gasteiger partial charge on any atom is -0.464 e. The Bertz CT molecular complexity index is 1870. The molecule has 2 aromatic carbocycles. The molecular formula is C35H35Cl2F3N6O5. The summed E-state index contributed by atoms with van der Waals surface area (Å²) in [6, 6.07) is 15.2. The van der Waals surface area contributed by atoms with Crippen molar-refractivity contribution in [2.45, 2.75) is 58.0 Å². The van der Waals surface area contributed by atoms with Gasteiger partial charge < -0.3 is 19.1 Å². The standard InChI is InChI=1S/C35H35Cl2F3N6O5/c1-3-49-31(47)27-19-34(21-45(27)33(48)50-20-23-7-5-4-6-8-23)12-15-44(16-13-34)32-41-28(37)18-29(42-32)51-30(35(38,39)40)25-10-9-24(36)17-26(25)46-14-11-22(2)43-46/h4-11,14,17-18,27,30H,3,12-13,15-16,19-21H2,1-2H3/t27-,30+/m0/s1. The number of aromatic nitrogens is 4. The highest BCUT2D eigenvalue weighted by Crippen LogP contribution is 2.45. The monoisotopic (exact) mass is 746 g/mol. The van der Waals surface area contributed by atoms with Crippen LogP contribution in [0.4, 0.5) is 23.9 Å². The number of likely N-dealkylation sites (tertiary alicyclic amines) is 1. The average molecular weight is 748 g/mol. The second-order valence-electron chi connectivity index (χ2n) is 12.6. The van der Waals surface area contributed by atoms with Crippen LogP contribution in [0.3, 0.4) is 0 Å². The van der Waals surface area contributed by atoms with Crippen molar-refractivity contribution in [3.63, 3.8) is 0 Å². The molecule has 6 rings (SSSR count). The van der Waals surface area contributed by atoms with Crippen molar-refractivity contribution in [1.29, 1.82) is 0 Å². The number of esters is 1. The summed E-state index contributed by atoms with van der Waals surface area (Å²) in [7, 11) is 0. The van der Waals surface area contributed by atoms with Crippen LogP contribution < -0.4 is 9.64 Å². The number of hydrogen-bond acceptors (Lipinski definition) is 9. The number of alkyl halides is 3. The lowest BCUT2D eigenvalue weighted by Gasteiger charge is -2.39. The quantitative estimate of drug-likeness (QED) is 0.127. The van der Waals surface area contributed by atoms with Crippen LogP contribution in [0, 0.1) is 12.3 Å². The van der Waals surface area contributed by atoms with Crippen molar-refractivity contribution in [3.8, 4) is 11.6 Å². The van der Waals surface area contributed by atoms with Crippen molar-refractivity contribution < 1.29 is 37.0 Å². The molecule has 0 aliphatic carbocycles. The van der Waals surface area contributed by atoms with Gasteiger partial charge in [0.25, 0.3) is 0 Å². The van der Waals surface area contributed by atoms with Gasteiger partial charge in [-0.3, -0.25) is 4.90 Å². The Kier molecular flexibility index (Phi) is 10.6. The van der Waals surface area contributed by atoms with Gasteiger partial charge in [-0.1, -0.05) is 59.6 Å². The predicted molar refractivity (Wildman–Crippen MR) is 182 cm³/mol. The van der Waals surface area contributed by atoms with Gasteiger partial charge in [0, 0.05) is 42.5 Å². The maximum absolute atomic E-state index is 14.6. The lowest BCUT2D eigenvalue weighted by atomic mass is 9.76. The minimum absolute atomic E-state index is 0.0560. The number of halogens is 5. The summed E-state index contributed by atoms with van der Waals surface area (Å²) < 4.78 is 61.6. The van der Waals surface area contributed by atoms with Crippen LogP contribution in [-0.2, 0) is 20.9 Å². The molecule has 0 saturated carbocycles. The Balaban J connectivity index is 1.19. The van der Waals surface area contributed by atoms with Crippen LogP contribution in [0.1, 0.15) is 49.1 Å². The van der Waals surface area contributed by atoms with Gasteiger partial charge in [-0.05, 0) is 62.3 Å². The van der Waals surface area contributed by atoms with E-state index in [9.17, 15) is 22.8 Å². The second-order valence-corrected chi connectivity index (χ2v) is 13.4. The number of amides is 1. The Labute approximate surface area is 302 Å². The van der Waals surface area contributed by atoms with Gasteiger partial charge in [0.15, 0.2) is 0 Å². The summed E-state index contributed by atoms with van der Waals surface area (Å²) in [5, 5.41) is 4.38. The van der Waals surface area contributed by atoms with E-state index >= 15 is 0 Å². The summed E-state index contributed by atoms with van der Waals surface area (Å²) >= 11 is 12.5. The van der Waals surface area contributed by atoms with Crippen molar-refractivity contribution in [3.05, 3.63) is 93.9 Å². The highest BCUT2D eigenvalue weighted by atomic mass is 35.5. The lowest BCUT2D eigenvalue weighted by Crippen LogP contribution is -2.43. The van der Waals surface area contributed by atoms with E-state index in [0.29, 0.717) is 38.0 Å². The number of carbonyl (C=O) groups excluding carboxylic acids is 2. The first kappa shape index (κ1) is 36.2. The highest BCUT2D eigenvalue weighted by Gasteiger charge is 2.51. The van der Waals surface area contributed by atoms with Crippen molar-refractivity contribution in [2.24, 2.45) is 5.41 Å². The molecule has 0 radical (unpaired) electrons. The lowest BCUT2D eigenvalue weighted by molar-refractivity contribution is -0.198. The molecule has 2 aromatic heterocycles. The number of benzene rings is 2. The molecule has 2 fully saturated rings. The Morgan fingerprint density at radius 3 is 2.43 bits per heavy atom. The molecule has 0 N–H and O–H groups in total. The molecule has 4 aromatic rings. The van der Waals surface area contributed by atoms with Crippen LogP contribution in [0.2, 0.25) is 10.2 Å². The maximum Gasteiger partial charge on any atom is 0.429 e. The van der Waals surface area contributed by atoms with E-state index in [1.807, 2.05) is 30.3 Å². The van der Waals surface area contributed by atoms with E-state index < -0.39 is 35.8 Å². The molecule has 2 saturated heterocycles. The third kappa shape index (κ3) is 8.33. The molecule has 11 nitrogen and oxygen atoms in total. The minimum atomic E-state index is -4.86. The number of hydrogen-bond donors (Lipinski definition) is 0. The van der Waals surface area contributed by atoms with Gasteiger partial charge in [0.2, 0.25) is 17.9 Å². The van der Waals surface area contributed by atoms with Gasteiger partial charge in [-0.25, -0.2) is 19.3 Å². The normalized spacial score (nSPS) is 17.7. The van der Waals surface area contributed by atoms with Gasteiger partial charge in [0.05, 0.1) is 18.0 Å².